The van der Waals surface area contributed by atoms with Crippen LogP contribution in [0.1, 0.15) is 18.0 Å². The molecule has 1 unspecified atom stereocenters. The van der Waals surface area contributed by atoms with E-state index in [0.717, 1.165) is 11.3 Å². The first-order valence-electron chi connectivity index (χ1n) is 6.84. The zero-order chi connectivity index (χ0) is 13.7. The number of imidazole rings is 1. The number of ether oxygens (including phenoxy) is 1. The molecule has 20 heavy (non-hydrogen) atoms. The first kappa shape index (κ1) is 12.1. The summed E-state index contributed by atoms with van der Waals surface area (Å²) in [6, 6.07) is 5.01. The Bertz CT molecular complexity index is 655. The van der Waals surface area contributed by atoms with Crippen molar-refractivity contribution in [1.29, 1.82) is 0 Å². The Kier molecular flexibility index (Phi) is 2.65. The highest BCUT2D eigenvalue weighted by molar-refractivity contribution is 5.69. The summed E-state index contributed by atoms with van der Waals surface area (Å²) in [6.45, 7) is 1.07. The Balaban J connectivity index is 1.87. The summed E-state index contributed by atoms with van der Waals surface area (Å²) in [6.07, 6.45) is 3.58. The number of hydrogen-bond donors (Lipinski definition) is 1. The second kappa shape index (κ2) is 4.40. The van der Waals surface area contributed by atoms with Crippen molar-refractivity contribution in [3.8, 4) is 11.3 Å². The molecule has 0 aliphatic carbocycles. The molecule has 1 fully saturated rings. The minimum absolute atomic E-state index is 0.0697. The van der Waals surface area contributed by atoms with E-state index in [0.29, 0.717) is 25.2 Å². The minimum atomic E-state index is -0.432. The molecular weight excluding hydrogens is 259 g/mol. The normalized spacial score (nSPS) is 28.2. The second-order valence-corrected chi connectivity index (χ2v) is 5.43. The minimum Gasteiger partial charge on any atom is -0.393 e. The molecule has 0 saturated carbocycles. The van der Waals surface area contributed by atoms with E-state index >= 15 is 0 Å². The van der Waals surface area contributed by atoms with Crippen LogP contribution in [0, 0.1) is 11.7 Å². The van der Waals surface area contributed by atoms with Gasteiger partial charge in [-0.3, -0.25) is 0 Å². The smallest absolute Gasteiger partial charge is 0.132 e. The van der Waals surface area contributed by atoms with Crippen LogP contribution in [-0.4, -0.2) is 34.0 Å². The summed E-state index contributed by atoms with van der Waals surface area (Å²) in [4.78, 5) is 4.13. The van der Waals surface area contributed by atoms with E-state index in [-0.39, 0.29) is 17.8 Å². The van der Waals surface area contributed by atoms with Crippen LogP contribution in [0.3, 0.4) is 0 Å². The van der Waals surface area contributed by atoms with Gasteiger partial charge in [0.25, 0.3) is 0 Å². The molecule has 0 radical (unpaired) electrons. The fourth-order valence-electron chi connectivity index (χ4n) is 3.41. The number of benzene rings is 1. The van der Waals surface area contributed by atoms with Crippen molar-refractivity contribution < 1.29 is 14.2 Å². The highest BCUT2D eigenvalue weighted by atomic mass is 19.1. The summed E-state index contributed by atoms with van der Waals surface area (Å²) in [5, 5.41) is 10.3. The zero-order valence-electron chi connectivity index (χ0n) is 10.9. The number of rotatable bonds is 1. The van der Waals surface area contributed by atoms with Crippen molar-refractivity contribution >= 4 is 0 Å². The van der Waals surface area contributed by atoms with Crippen LogP contribution in [0.15, 0.2) is 30.7 Å². The van der Waals surface area contributed by atoms with Gasteiger partial charge >= 0.3 is 0 Å². The Labute approximate surface area is 115 Å². The summed E-state index contributed by atoms with van der Waals surface area (Å²) in [5.41, 5.74) is 2.30. The van der Waals surface area contributed by atoms with Crippen molar-refractivity contribution in [1.82, 2.24) is 9.55 Å². The molecule has 5 heteroatoms. The van der Waals surface area contributed by atoms with Gasteiger partial charge in [-0.15, -0.1) is 0 Å². The molecule has 2 aliphatic rings. The van der Waals surface area contributed by atoms with Gasteiger partial charge in [0.1, 0.15) is 5.82 Å². The lowest BCUT2D eigenvalue weighted by atomic mass is 9.86. The predicted octanol–water partition coefficient (Wildman–Crippen LogP) is 1.99. The number of aromatic nitrogens is 2. The van der Waals surface area contributed by atoms with E-state index < -0.39 is 6.10 Å². The second-order valence-electron chi connectivity index (χ2n) is 5.43. The number of hydrogen-bond acceptors (Lipinski definition) is 3. The quantitative estimate of drug-likeness (QED) is 0.865. The molecule has 4 rings (SSSR count). The number of nitrogens with zero attached hydrogens (tertiary/aromatic N) is 2. The van der Waals surface area contributed by atoms with E-state index in [1.54, 1.807) is 18.6 Å². The van der Waals surface area contributed by atoms with Crippen molar-refractivity contribution in [3.63, 3.8) is 0 Å². The van der Waals surface area contributed by atoms with Gasteiger partial charge < -0.3 is 14.4 Å². The van der Waals surface area contributed by atoms with Gasteiger partial charge in [-0.25, -0.2) is 9.37 Å². The first-order chi connectivity index (χ1) is 9.77. The molecule has 2 aromatic rings. The maximum atomic E-state index is 14.1. The Morgan fingerprint density at radius 1 is 1.40 bits per heavy atom. The Morgan fingerprint density at radius 3 is 3.15 bits per heavy atom. The average Bonchev–Trinajstić information content (AvgIpc) is 3.00. The highest BCUT2D eigenvalue weighted by Crippen LogP contribution is 2.45. The van der Waals surface area contributed by atoms with E-state index in [1.807, 2.05) is 10.6 Å². The fraction of sp³-hybridized carbons (Fsp3) is 0.400. The molecule has 1 N–H and O–H groups in total. The van der Waals surface area contributed by atoms with Crippen LogP contribution in [0.5, 0.6) is 0 Å². The lowest BCUT2D eigenvalue weighted by molar-refractivity contribution is -0.0481. The molecule has 104 valence electrons. The molecule has 1 saturated heterocycles. The number of aliphatic hydroxyl groups is 1. The molecule has 1 aromatic carbocycles. The van der Waals surface area contributed by atoms with Gasteiger partial charge in [-0.05, 0) is 18.1 Å². The van der Waals surface area contributed by atoms with Crippen LogP contribution in [0.25, 0.3) is 11.3 Å². The molecule has 1 aromatic heterocycles. The largest absolute Gasteiger partial charge is 0.393 e. The standard InChI is InChI=1S/C15H15FN2O2/c16-11-3-1-2-9-14(11)12-6-17-8-18(12)15(9)10-7-20-5-4-13(10)19/h1-3,6,8,10,13,15,19H,4-5,7H2/t10-,13-,15?/m1/s1. The lowest BCUT2D eigenvalue weighted by Gasteiger charge is -2.33. The molecule has 2 aliphatic heterocycles. The van der Waals surface area contributed by atoms with E-state index in [9.17, 15) is 9.50 Å². The van der Waals surface area contributed by atoms with Gasteiger partial charge in [0, 0.05) is 18.1 Å². The first-order valence-corrected chi connectivity index (χ1v) is 6.84. The predicted molar refractivity (Wildman–Crippen MR) is 70.7 cm³/mol. The molecule has 4 nitrogen and oxygen atoms in total. The van der Waals surface area contributed by atoms with Crippen LogP contribution >= 0.6 is 0 Å². The van der Waals surface area contributed by atoms with Crippen LogP contribution < -0.4 is 0 Å². The molecule has 0 bridgehead atoms. The SMILES string of the molecule is O[C@@H]1CCOC[C@H]1C1c2cccc(F)c2-c2cncn21. The van der Waals surface area contributed by atoms with Crippen LogP contribution in [0.2, 0.25) is 0 Å². The molecular formula is C15H15FN2O2. The van der Waals surface area contributed by atoms with Crippen molar-refractivity contribution in [2.75, 3.05) is 13.2 Å². The van der Waals surface area contributed by atoms with E-state index in [1.165, 1.54) is 6.07 Å². The molecule has 3 heterocycles. The third-order valence-electron chi connectivity index (χ3n) is 4.35. The molecule has 0 spiro atoms. The third-order valence-corrected chi connectivity index (χ3v) is 4.35. The zero-order valence-corrected chi connectivity index (χ0v) is 10.9. The summed E-state index contributed by atoms with van der Waals surface area (Å²) >= 11 is 0. The van der Waals surface area contributed by atoms with Gasteiger partial charge in [-0.1, -0.05) is 12.1 Å². The van der Waals surface area contributed by atoms with Gasteiger partial charge in [0.15, 0.2) is 0 Å². The summed E-state index contributed by atoms with van der Waals surface area (Å²) in [5.74, 6) is -0.308. The number of halogens is 1. The summed E-state index contributed by atoms with van der Waals surface area (Å²) < 4.78 is 21.6. The topological polar surface area (TPSA) is 47.3 Å². The fourth-order valence-corrected chi connectivity index (χ4v) is 3.41. The van der Waals surface area contributed by atoms with Crippen molar-refractivity contribution in [3.05, 3.63) is 42.1 Å². The number of aliphatic hydroxyl groups excluding tert-OH is 1. The van der Waals surface area contributed by atoms with Gasteiger partial charge in [0.2, 0.25) is 0 Å². The van der Waals surface area contributed by atoms with E-state index in [4.69, 9.17) is 4.74 Å². The third kappa shape index (κ3) is 1.57. The van der Waals surface area contributed by atoms with Crippen LogP contribution in [-0.2, 0) is 4.74 Å². The molecule has 0 amide bonds. The van der Waals surface area contributed by atoms with E-state index in [2.05, 4.69) is 4.98 Å². The van der Waals surface area contributed by atoms with Gasteiger partial charge in [0.05, 0.1) is 37.0 Å². The Morgan fingerprint density at radius 2 is 2.30 bits per heavy atom. The summed E-state index contributed by atoms with van der Waals surface area (Å²) in [7, 11) is 0. The van der Waals surface area contributed by atoms with Crippen LogP contribution in [0.4, 0.5) is 4.39 Å². The maximum Gasteiger partial charge on any atom is 0.132 e. The maximum absolute atomic E-state index is 14.1. The monoisotopic (exact) mass is 274 g/mol. The number of fused-ring (bicyclic) bond motifs is 3. The van der Waals surface area contributed by atoms with Crippen molar-refractivity contribution in [2.45, 2.75) is 18.6 Å². The van der Waals surface area contributed by atoms with Crippen molar-refractivity contribution in [2.24, 2.45) is 5.92 Å². The highest BCUT2D eigenvalue weighted by Gasteiger charge is 2.40. The average molecular weight is 274 g/mol. The molecule has 3 atom stereocenters. The van der Waals surface area contributed by atoms with Gasteiger partial charge in [-0.2, -0.15) is 0 Å². The lowest BCUT2D eigenvalue weighted by Crippen LogP contribution is -2.37. The Hall–Kier alpha value is -1.72.